The quantitative estimate of drug-likeness (QED) is 0.535. The molecule has 1 aliphatic heterocycles. The van der Waals surface area contributed by atoms with Gasteiger partial charge in [0, 0.05) is 37.4 Å². The molecule has 0 spiro atoms. The summed E-state index contributed by atoms with van der Waals surface area (Å²) in [6, 6.07) is 9.69. The lowest BCUT2D eigenvalue weighted by Crippen LogP contribution is -2.48. The van der Waals surface area contributed by atoms with E-state index >= 15 is 0 Å². The number of carbonyl (C=O) groups excluding carboxylic acids is 1. The number of piperazine rings is 1. The van der Waals surface area contributed by atoms with Crippen molar-refractivity contribution in [1.82, 2.24) is 20.3 Å². The summed E-state index contributed by atoms with van der Waals surface area (Å²) in [6.45, 7) is 4.02. The Hall–Kier alpha value is -3.63. The van der Waals surface area contributed by atoms with E-state index in [1.807, 2.05) is 30.3 Å². The molecule has 1 aliphatic carbocycles. The molecule has 4 rings (SSSR count). The number of aromatic nitrogens is 2. The van der Waals surface area contributed by atoms with Crippen molar-refractivity contribution in [2.45, 2.75) is 37.9 Å². The van der Waals surface area contributed by atoms with Crippen molar-refractivity contribution in [1.29, 1.82) is 5.26 Å². The normalized spacial score (nSPS) is 16.3. The van der Waals surface area contributed by atoms with Crippen LogP contribution in [0.1, 0.15) is 41.9 Å². The van der Waals surface area contributed by atoms with Gasteiger partial charge in [-0.3, -0.25) is 15.2 Å². The van der Waals surface area contributed by atoms with E-state index in [-0.39, 0.29) is 17.8 Å². The van der Waals surface area contributed by atoms with Crippen LogP contribution in [-0.2, 0) is 4.79 Å². The van der Waals surface area contributed by atoms with Crippen molar-refractivity contribution in [2.75, 3.05) is 43.1 Å². The predicted octanol–water partition coefficient (Wildman–Crippen LogP) is 3.48. The highest BCUT2D eigenvalue weighted by Gasteiger charge is 2.38. The summed E-state index contributed by atoms with van der Waals surface area (Å²) < 4.78 is 31.7. The Balaban J connectivity index is 0.000000505. The van der Waals surface area contributed by atoms with E-state index in [0.29, 0.717) is 16.4 Å². The Labute approximate surface area is 222 Å². The lowest BCUT2D eigenvalue weighted by molar-refractivity contribution is -0.192. The van der Waals surface area contributed by atoms with Crippen LogP contribution in [0.25, 0.3) is 0 Å². The summed E-state index contributed by atoms with van der Waals surface area (Å²) >= 11 is 6.34. The lowest BCUT2D eigenvalue weighted by Gasteiger charge is -2.34. The van der Waals surface area contributed by atoms with Crippen molar-refractivity contribution in [3.63, 3.8) is 0 Å². The average molecular weight is 554 g/mol. The zero-order valence-corrected chi connectivity index (χ0v) is 21.3. The van der Waals surface area contributed by atoms with Gasteiger partial charge in [-0.05, 0) is 44.2 Å². The maximum absolute atomic E-state index is 13.1. The zero-order valence-electron chi connectivity index (χ0n) is 20.6. The number of nitriles is 1. The van der Waals surface area contributed by atoms with Gasteiger partial charge in [0.1, 0.15) is 11.1 Å². The van der Waals surface area contributed by atoms with Gasteiger partial charge >= 0.3 is 12.1 Å². The maximum Gasteiger partial charge on any atom is 0.490 e. The highest BCUT2D eigenvalue weighted by atomic mass is 35.5. The van der Waals surface area contributed by atoms with Crippen LogP contribution in [0.3, 0.4) is 0 Å². The Morgan fingerprint density at radius 1 is 1.16 bits per heavy atom. The van der Waals surface area contributed by atoms with E-state index in [2.05, 4.69) is 32.2 Å². The van der Waals surface area contributed by atoms with Crippen LogP contribution in [-0.4, -0.2) is 77.3 Å². The SMILES string of the molecule is CN1CCN(c2ccc(C(=O)NN(c3nc(C#N)ncc3Cl)C3CCCC3)cc2)CC1.O=C(O)C(F)(F)F. The number of nitrogens with zero attached hydrogens (tertiary/aromatic N) is 6. The number of nitrogens with one attached hydrogen (secondary N) is 1. The summed E-state index contributed by atoms with van der Waals surface area (Å²) in [5.41, 5.74) is 4.66. The third-order valence-electron chi connectivity index (χ3n) is 6.21. The second-order valence-corrected chi connectivity index (χ2v) is 9.27. The van der Waals surface area contributed by atoms with E-state index < -0.39 is 12.1 Å². The molecule has 0 bridgehead atoms. The van der Waals surface area contributed by atoms with Crippen molar-refractivity contribution in [3.8, 4) is 6.07 Å². The summed E-state index contributed by atoms with van der Waals surface area (Å²) in [5.74, 6) is -2.60. The summed E-state index contributed by atoms with van der Waals surface area (Å²) in [5, 5.41) is 18.3. The molecule has 0 atom stereocenters. The van der Waals surface area contributed by atoms with Gasteiger partial charge in [-0.15, -0.1) is 0 Å². The number of likely N-dealkylation sites (N-methyl/N-ethyl adjacent to an activating group) is 1. The Morgan fingerprint density at radius 3 is 2.26 bits per heavy atom. The fourth-order valence-corrected chi connectivity index (χ4v) is 4.30. The first kappa shape index (κ1) is 28.9. The number of hydrazine groups is 1. The maximum atomic E-state index is 13.1. The number of carbonyl (C=O) groups is 2. The molecule has 1 saturated heterocycles. The third kappa shape index (κ3) is 7.69. The fourth-order valence-electron chi connectivity index (χ4n) is 4.12. The van der Waals surface area contributed by atoms with Crippen LogP contribution in [0, 0.1) is 11.3 Å². The number of carboxylic acid groups (broad SMARTS) is 1. The Bertz CT molecular complexity index is 1160. The molecule has 2 fully saturated rings. The van der Waals surface area contributed by atoms with Gasteiger partial charge in [0.25, 0.3) is 5.91 Å². The molecular formula is C24H27ClF3N7O3. The standard InChI is InChI=1S/C22H26ClN7O.C2HF3O2/c1-28-10-12-29(13-11-28)17-8-6-16(7-9-17)22(31)27-30(18-4-2-3-5-18)21-19(23)15-25-20(14-24)26-21;3-2(4,5)1(6)7/h6-9,15,18H,2-5,10-13H2,1H3,(H,27,31);(H,6,7). The molecule has 204 valence electrons. The number of benzene rings is 1. The minimum atomic E-state index is -5.08. The molecule has 2 aromatic rings. The molecule has 2 N–H and O–H groups in total. The monoisotopic (exact) mass is 553 g/mol. The number of carboxylic acids is 1. The van der Waals surface area contributed by atoms with Gasteiger partial charge in [-0.2, -0.15) is 23.4 Å². The highest BCUT2D eigenvalue weighted by molar-refractivity contribution is 6.32. The van der Waals surface area contributed by atoms with Crippen LogP contribution in [0.15, 0.2) is 30.5 Å². The molecule has 1 saturated carbocycles. The second-order valence-electron chi connectivity index (χ2n) is 8.87. The van der Waals surface area contributed by atoms with Gasteiger partial charge in [-0.1, -0.05) is 24.4 Å². The van der Waals surface area contributed by atoms with E-state index in [1.54, 1.807) is 5.01 Å². The molecule has 2 heterocycles. The highest BCUT2D eigenvalue weighted by Crippen LogP contribution is 2.30. The van der Waals surface area contributed by atoms with E-state index in [1.165, 1.54) is 6.20 Å². The van der Waals surface area contributed by atoms with E-state index in [0.717, 1.165) is 57.5 Å². The van der Waals surface area contributed by atoms with Gasteiger partial charge in [-0.25, -0.2) is 9.78 Å². The zero-order chi connectivity index (χ0) is 27.9. The molecule has 10 nitrogen and oxygen atoms in total. The first-order valence-electron chi connectivity index (χ1n) is 11.9. The van der Waals surface area contributed by atoms with Crippen molar-refractivity contribution >= 4 is 35.0 Å². The number of alkyl halides is 3. The first-order valence-corrected chi connectivity index (χ1v) is 12.2. The largest absolute Gasteiger partial charge is 0.490 e. The summed E-state index contributed by atoms with van der Waals surface area (Å²) in [4.78, 5) is 34.8. The van der Waals surface area contributed by atoms with Gasteiger partial charge in [0.2, 0.25) is 5.82 Å². The number of rotatable bonds is 5. The number of halogens is 4. The molecular weight excluding hydrogens is 527 g/mol. The number of hydrogen-bond acceptors (Lipinski definition) is 8. The molecule has 2 aliphatic rings. The smallest absolute Gasteiger partial charge is 0.475 e. The van der Waals surface area contributed by atoms with Crippen LogP contribution in [0.4, 0.5) is 24.7 Å². The first-order chi connectivity index (χ1) is 18.0. The second kappa shape index (κ2) is 12.7. The number of anilines is 2. The van der Waals surface area contributed by atoms with E-state index in [4.69, 9.17) is 21.5 Å². The molecule has 0 unspecified atom stereocenters. The van der Waals surface area contributed by atoms with Gasteiger partial charge in [0.15, 0.2) is 5.82 Å². The molecule has 0 radical (unpaired) electrons. The molecule has 1 aromatic carbocycles. The van der Waals surface area contributed by atoms with Gasteiger partial charge < -0.3 is 14.9 Å². The van der Waals surface area contributed by atoms with Crippen LogP contribution in [0.2, 0.25) is 5.02 Å². The molecule has 1 amide bonds. The summed E-state index contributed by atoms with van der Waals surface area (Å²) in [6.07, 6.45) is 0.312. The van der Waals surface area contributed by atoms with Crippen molar-refractivity contribution in [2.24, 2.45) is 0 Å². The lowest BCUT2D eigenvalue weighted by atomic mass is 10.1. The van der Waals surface area contributed by atoms with Gasteiger partial charge in [0.05, 0.1) is 12.2 Å². The van der Waals surface area contributed by atoms with Crippen LogP contribution < -0.4 is 15.3 Å². The number of aliphatic carboxylic acids is 1. The molecule has 14 heteroatoms. The van der Waals surface area contributed by atoms with Crippen LogP contribution in [0.5, 0.6) is 0 Å². The Morgan fingerprint density at radius 2 is 1.74 bits per heavy atom. The van der Waals surface area contributed by atoms with Crippen LogP contribution >= 0.6 is 11.6 Å². The summed E-state index contributed by atoms with van der Waals surface area (Å²) in [7, 11) is 2.13. The Kier molecular flexibility index (Phi) is 9.71. The minimum Gasteiger partial charge on any atom is -0.475 e. The topological polar surface area (TPSA) is 126 Å². The van der Waals surface area contributed by atoms with E-state index in [9.17, 15) is 23.2 Å². The van der Waals surface area contributed by atoms with Crippen molar-refractivity contribution < 1.29 is 27.9 Å². The number of hydrogen-bond donors (Lipinski definition) is 2. The fraction of sp³-hybridized carbons (Fsp3) is 0.458. The number of amides is 1. The molecule has 38 heavy (non-hydrogen) atoms. The minimum absolute atomic E-state index is 0.0215. The molecule has 1 aromatic heterocycles. The third-order valence-corrected chi connectivity index (χ3v) is 6.47. The average Bonchev–Trinajstić information content (AvgIpc) is 3.43. The van der Waals surface area contributed by atoms with Crippen molar-refractivity contribution in [3.05, 3.63) is 46.9 Å². The predicted molar refractivity (Wildman–Crippen MR) is 134 cm³/mol.